The first-order valence-electron chi connectivity index (χ1n) is 11.6. The molecule has 0 saturated heterocycles. The van der Waals surface area contributed by atoms with Gasteiger partial charge in [0.15, 0.2) is 11.6 Å². The van der Waals surface area contributed by atoms with Crippen LogP contribution in [0, 0.1) is 35.2 Å². The molecular weight excluding hydrogens is 369 g/mol. The molecular formula is C26H33F3. The lowest BCUT2D eigenvalue weighted by molar-refractivity contribution is 0.113. The number of hydrogen-bond donors (Lipinski definition) is 0. The maximum Gasteiger partial charge on any atom is 0.169 e. The molecule has 0 spiro atoms. The van der Waals surface area contributed by atoms with Crippen molar-refractivity contribution in [3.63, 3.8) is 0 Å². The van der Waals surface area contributed by atoms with Gasteiger partial charge in [-0.1, -0.05) is 57.6 Å². The molecule has 0 heterocycles. The fraction of sp³-hybridized carbons (Fsp3) is 0.615. The van der Waals surface area contributed by atoms with E-state index in [2.05, 4.69) is 6.92 Å². The van der Waals surface area contributed by atoms with Crippen molar-refractivity contribution in [1.82, 2.24) is 0 Å². The van der Waals surface area contributed by atoms with E-state index in [1.54, 1.807) is 0 Å². The summed E-state index contributed by atoms with van der Waals surface area (Å²) in [6.07, 6.45) is 14.2. The summed E-state index contributed by atoms with van der Waals surface area (Å²) in [4.78, 5) is 0. The Morgan fingerprint density at radius 2 is 1.62 bits per heavy atom. The SMILES string of the molecule is CCCCCC[C@@H]1CC[C@@H]2CC(c3cc(F)c4c(F)c(F)ccc4c3)CCC2C1. The Morgan fingerprint density at radius 1 is 0.828 bits per heavy atom. The zero-order chi connectivity index (χ0) is 20.4. The Morgan fingerprint density at radius 3 is 2.45 bits per heavy atom. The molecule has 2 saturated carbocycles. The molecule has 0 N–H and O–H groups in total. The molecule has 0 aromatic heterocycles. The van der Waals surface area contributed by atoms with Crippen LogP contribution in [0.25, 0.3) is 10.8 Å². The molecule has 4 rings (SSSR count). The number of fused-ring (bicyclic) bond motifs is 2. The number of rotatable bonds is 6. The largest absolute Gasteiger partial charge is 0.206 e. The zero-order valence-electron chi connectivity index (χ0n) is 17.5. The Hall–Kier alpha value is -1.51. The van der Waals surface area contributed by atoms with Gasteiger partial charge in [-0.2, -0.15) is 0 Å². The third-order valence-electron chi connectivity index (χ3n) is 7.64. The van der Waals surface area contributed by atoms with Gasteiger partial charge < -0.3 is 0 Å². The summed E-state index contributed by atoms with van der Waals surface area (Å²) < 4.78 is 42.1. The van der Waals surface area contributed by atoms with Gasteiger partial charge in [0, 0.05) is 0 Å². The van der Waals surface area contributed by atoms with Crippen molar-refractivity contribution in [2.45, 2.75) is 83.5 Å². The molecule has 0 bridgehead atoms. The third-order valence-corrected chi connectivity index (χ3v) is 7.64. The average Bonchev–Trinajstić information content (AvgIpc) is 2.73. The van der Waals surface area contributed by atoms with Crippen LogP contribution in [-0.2, 0) is 0 Å². The Balaban J connectivity index is 1.41. The predicted molar refractivity (Wildman–Crippen MR) is 113 cm³/mol. The van der Waals surface area contributed by atoms with Crippen LogP contribution < -0.4 is 0 Å². The molecule has 2 unspecified atom stereocenters. The summed E-state index contributed by atoms with van der Waals surface area (Å²) in [6, 6.07) is 5.93. The summed E-state index contributed by atoms with van der Waals surface area (Å²) in [5.74, 6) is 0.110. The minimum Gasteiger partial charge on any atom is -0.206 e. The van der Waals surface area contributed by atoms with Crippen molar-refractivity contribution >= 4 is 10.8 Å². The Kier molecular flexibility index (Phi) is 6.51. The highest BCUT2D eigenvalue weighted by Crippen LogP contribution is 2.48. The smallest absolute Gasteiger partial charge is 0.169 e. The lowest BCUT2D eigenvalue weighted by Crippen LogP contribution is -2.30. The second-order valence-electron chi connectivity index (χ2n) is 9.52. The van der Waals surface area contributed by atoms with Crippen molar-refractivity contribution in [3.05, 3.63) is 47.3 Å². The van der Waals surface area contributed by atoms with Gasteiger partial charge in [0.1, 0.15) is 5.82 Å². The molecule has 0 aliphatic heterocycles. The van der Waals surface area contributed by atoms with E-state index in [0.717, 1.165) is 42.2 Å². The molecule has 2 aromatic rings. The first-order valence-corrected chi connectivity index (χ1v) is 11.6. The van der Waals surface area contributed by atoms with Crippen LogP contribution in [0.4, 0.5) is 13.2 Å². The van der Waals surface area contributed by atoms with E-state index >= 15 is 0 Å². The van der Waals surface area contributed by atoms with Crippen molar-refractivity contribution in [1.29, 1.82) is 0 Å². The molecule has 29 heavy (non-hydrogen) atoms. The molecule has 0 nitrogen and oxygen atoms in total. The highest BCUT2D eigenvalue weighted by molar-refractivity contribution is 5.84. The summed E-state index contributed by atoms with van der Waals surface area (Å²) in [6.45, 7) is 2.26. The number of unbranched alkanes of at least 4 members (excludes halogenated alkanes) is 3. The molecule has 4 atom stereocenters. The van der Waals surface area contributed by atoms with Crippen molar-refractivity contribution < 1.29 is 13.2 Å². The van der Waals surface area contributed by atoms with Gasteiger partial charge in [0.05, 0.1) is 5.39 Å². The Bertz CT molecular complexity index is 843. The lowest BCUT2D eigenvalue weighted by atomic mass is 9.63. The Labute approximate surface area is 172 Å². The standard InChI is InChI=1S/C26H33F3/c1-2-3-4-5-6-17-7-8-19-14-20(10-9-18(19)13-17)22-15-21-11-12-23(27)26(29)25(21)24(28)16-22/h11-12,15-20H,2-10,13-14H2,1H3/t17-,18?,19-,20?/m1/s1. The first-order chi connectivity index (χ1) is 14.1. The minimum absolute atomic E-state index is 0.217. The minimum atomic E-state index is -1.08. The lowest BCUT2D eigenvalue weighted by Gasteiger charge is -2.42. The van der Waals surface area contributed by atoms with Crippen LogP contribution in [0.15, 0.2) is 24.3 Å². The highest BCUT2D eigenvalue weighted by atomic mass is 19.2. The molecule has 0 radical (unpaired) electrons. The van der Waals surface area contributed by atoms with E-state index in [0.29, 0.717) is 11.3 Å². The van der Waals surface area contributed by atoms with Crippen molar-refractivity contribution in [3.8, 4) is 0 Å². The zero-order valence-corrected chi connectivity index (χ0v) is 17.5. The van der Waals surface area contributed by atoms with E-state index in [1.807, 2.05) is 6.07 Å². The second-order valence-corrected chi connectivity index (χ2v) is 9.52. The molecule has 2 aliphatic carbocycles. The van der Waals surface area contributed by atoms with E-state index in [1.165, 1.54) is 69.9 Å². The second kappa shape index (κ2) is 9.10. The molecule has 0 amide bonds. The van der Waals surface area contributed by atoms with Crippen LogP contribution in [0.1, 0.15) is 89.0 Å². The van der Waals surface area contributed by atoms with Crippen LogP contribution in [-0.4, -0.2) is 0 Å². The van der Waals surface area contributed by atoms with E-state index in [-0.39, 0.29) is 5.39 Å². The van der Waals surface area contributed by atoms with Crippen LogP contribution in [0.5, 0.6) is 0 Å². The summed E-state index contributed by atoms with van der Waals surface area (Å²) in [5, 5.41) is 0.253. The number of benzene rings is 2. The van der Waals surface area contributed by atoms with E-state index in [9.17, 15) is 13.2 Å². The van der Waals surface area contributed by atoms with Crippen LogP contribution in [0.2, 0.25) is 0 Å². The third kappa shape index (κ3) is 4.49. The quantitative estimate of drug-likeness (QED) is 0.425. The van der Waals surface area contributed by atoms with E-state index in [4.69, 9.17) is 0 Å². The van der Waals surface area contributed by atoms with E-state index < -0.39 is 17.5 Å². The monoisotopic (exact) mass is 402 g/mol. The summed E-state index contributed by atoms with van der Waals surface area (Å²) in [7, 11) is 0. The molecule has 2 aliphatic rings. The fourth-order valence-corrected chi connectivity index (χ4v) is 6.02. The molecule has 2 aromatic carbocycles. The number of hydrogen-bond acceptors (Lipinski definition) is 0. The van der Waals surface area contributed by atoms with Crippen LogP contribution >= 0.6 is 0 Å². The van der Waals surface area contributed by atoms with Gasteiger partial charge >= 0.3 is 0 Å². The number of halogens is 3. The van der Waals surface area contributed by atoms with Gasteiger partial charge in [0.2, 0.25) is 0 Å². The van der Waals surface area contributed by atoms with Crippen LogP contribution in [0.3, 0.4) is 0 Å². The fourth-order valence-electron chi connectivity index (χ4n) is 6.02. The first kappa shape index (κ1) is 20.8. The maximum atomic E-state index is 14.6. The maximum absolute atomic E-state index is 14.6. The molecule has 3 heteroatoms. The van der Waals surface area contributed by atoms with Crippen molar-refractivity contribution in [2.75, 3.05) is 0 Å². The molecule has 2 fully saturated rings. The summed E-state index contributed by atoms with van der Waals surface area (Å²) in [5.41, 5.74) is 0.959. The topological polar surface area (TPSA) is 0 Å². The van der Waals surface area contributed by atoms with Gasteiger partial charge in [-0.05, 0) is 78.9 Å². The van der Waals surface area contributed by atoms with Gasteiger partial charge in [-0.15, -0.1) is 0 Å². The average molecular weight is 403 g/mol. The predicted octanol–water partition coefficient (Wildman–Crippen LogP) is 8.53. The molecule has 158 valence electrons. The van der Waals surface area contributed by atoms with Gasteiger partial charge in [-0.3, -0.25) is 0 Å². The van der Waals surface area contributed by atoms with Gasteiger partial charge in [0.25, 0.3) is 0 Å². The summed E-state index contributed by atoms with van der Waals surface area (Å²) >= 11 is 0. The normalized spacial score (nSPS) is 27.2. The highest BCUT2D eigenvalue weighted by Gasteiger charge is 2.36. The van der Waals surface area contributed by atoms with Crippen molar-refractivity contribution in [2.24, 2.45) is 17.8 Å². The van der Waals surface area contributed by atoms with Gasteiger partial charge in [-0.25, -0.2) is 13.2 Å².